The number of nitrogens with one attached hydrogen (secondary N) is 1. The lowest BCUT2D eigenvalue weighted by Gasteiger charge is -2.32. The zero-order chi connectivity index (χ0) is 22.9. The molecule has 0 radical (unpaired) electrons. The molecule has 1 aliphatic rings. The van der Waals surface area contributed by atoms with Crippen molar-refractivity contribution in [2.75, 3.05) is 19.6 Å². The van der Waals surface area contributed by atoms with Crippen LogP contribution in [0.2, 0.25) is 0 Å². The molecule has 0 aliphatic carbocycles. The molecule has 4 nitrogen and oxygen atoms in total. The molecule has 2 aromatic carbocycles. The largest absolute Gasteiger partial charge is 0.335 e. The van der Waals surface area contributed by atoms with Crippen molar-refractivity contribution in [3.8, 4) is 11.1 Å². The van der Waals surface area contributed by atoms with Gasteiger partial charge in [-0.1, -0.05) is 54.6 Å². The Bertz CT molecular complexity index is 1290. The van der Waals surface area contributed by atoms with Gasteiger partial charge < -0.3 is 14.6 Å². The van der Waals surface area contributed by atoms with Crippen molar-refractivity contribution in [1.29, 1.82) is 0 Å². The molecule has 0 bridgehead atoms. The number of aromatic nitrogens is 1. The molecule has 1 N–H and O–H groups in total. The summed E-state index contributed by atoms with van der Waals surface area (Å²) in [6, 6.07) is 23.4. The van der Waals surface area contributed by atoms with Crippen LogP contribution >= 0.6 is 0 Å². The summed E-state index contributed by atoms with van der Waals surface area (Å²) in [6.45, 7) is 8.76. The van der Waals surface area contributed by atoms with Crippen LogP contribution in [0.1, 0.15) is 39.7 Å². The van der Waals surface area contributed by atoms with E-state index >= 15 is 0 Å². The second kappa shape index (κ2) is 8.87. The van der Waals surface area contributed by atoms with E-state index in [-0.39, 0.29) is 5.91 Å². The van der Waals surface area contributed by atoms with E-state index in [1.807, 2.05) is 23.2 Å². The SMILES string of the molecule is Cc1cccc(C)c1Cc1c(-c2ccccc2)c2ccccn2c1C(=O)N1CCNC(C)C1. The van der Waals surface area contributed by atoms with Crippen LogP contribution in [0, 0.1) is 13.8 Å². The molecule has 1 unspecified atom stereocenters. The van der Waals surface area contributed by atoms with E-state index in [0.717, 1.165) is 54.0 Å². The van der Waals surface area contributed by atoms with Gasteiger partial charge in [-0.3, -0.25) is 4.79 Å². The maximum absolute atomic E-state index is 14.1. The Kier molecular flexibility index (Phi) is 5.77. The third-order valence-electron chi connectivity index (χ3n) is 6.86. The first-order valence-electron chi connectivity index (χ1n) is 11.8. The molecule has 0 saturated carbocycles. The third-order valence-corrected chi connectivity index (χ3v) is 6.86. The van der Waals surface area contributed by atoms with E-state index in [9.17, 15) is 4.79 Å². The number of rotatable bonds is 4. The normalized spacial score (nSPS) is 16.3. The van der Waals surface area contributed by atoms with Gasteiger partial charge in [0, 0.05) is 43.9 Å². The quantitative estimate of drug-likeness (QED) is 0.474. The Labute approximate surface area is 195 Å². The first-order chi connectivity index (χ1) is 16.0. The molecule has 168 valence electrons. The molecule has 4 heteroatoms. The fourth-order valence-electron chi connectivity index (χ4n) is 5.16. The lowest BCUT2D eigenvalue weighted by molar-refractivity contribution is 0.0701. The predicted octanol–water partition coefficient (Wildman–Crippen LogP) is 5.25. The van der Waals surface area contributed by atoms with Gasteiger partial charge >= 0.3 is 0 Å². The van der Waals surface area contributed by atoms with Gasteiger partial charge in [-0.05, 0) is 60.7 Å². The van der Waals surface area contributed by atoms with Crippen molar-refractivity contribution in [2.45, 2.75) is 33.2 Å². The van der Waals surface area contributed by atoms with Crippen LogP contribution in [-0.2, 0) is 6.42 Å². The van der Waals surface area contributed by atoms with E-state index < -0.39 is 0 Å². The summed E-state index contributed by atoms with van der Waals surface area (Å²) in [6.07, 6.45) is 2.77. The van der Waals surface area contributed by atoms with Crippen LogP contribution in [0.25, 0.3) is 16.6 Å². The predicted molar refractivity (Wildman–Crippen MR) is 135 cm³/mol. The molecule has 2 aromatic heterocycles. The van der Waals surface area contributed by atoms with Crippen LogP contribution in [0.15, 0.2) is 72.9 Å². The average molecular weight is 438 g/mol. The van der Waals surface area contributed by atoms with Crippen LogP contribution in [0.3, 0.4) is 0 Å². The summed E-state index contributed by atoms with van der Waals surface area (Å²) in [4.78, 5) is 16.1. The summed E-state index contributed by atoms with van der Waals surface area (Å²) in [7, 11) is 0. The minimum absolute atomic E-state index is 0.118. The number of pyridine rings is 1. The molecule has 1 amide bonds. The topological polar surface area (TPSA) is 36.8 Å². The smallest absolute Gasteiger partial charge is 0.271 e. The molecule has 1 atom stereocenters. The van der Waals surface area contributed by atoms with E-state index in [1.165, 1.54) is 16.7 Å². The van der Waals surface area contributed by atoms with Crippen LogP contribution in [0.4, 0.5) is 0 Å². The first-order valence-corrected chi connectivity index (χ1v) is 11.8. The number of aryl methyl sites for hydroxylation is 2. The lowest BCUT2D eigenvalue weighted by atomic mass is 9.91. The molecule has 1 fully saturated rings. The van der Waals surface area contributed by atoms with Gasteiger partial charge in [0.05, 0.1) is 5.52 Å². The Hall–Kier alpha value is -3.37. The second-order valence-electron chi connectivity index (χ2n) is 9.18. The molecular weight excluding hydrogens is 406 g/mol. The van der Waals surface area contributed by atoms with Gasteiger partial charge in [-0.15, -0.1) is 0 Å². The Balaban J connectivity index is 1.76. The van der Waals surface area contributed by atoms with Gasteiger partial charge in [0.25, 0.3) is 5.91 Å². The van der Waals surface area contributed by atoms with E-state index in [1.54, 1.807) is 0 Å². The average Bonchev–Trinajstić information content (AvgIpc) is 3.15. The standard InChI is InChI=1S/C29H31N3O/c1-20-10-9-11-21(2)24(20)18-25-27(23-12-5-4-6-13-23)26-14-7-8-16-32(26)28(25)29(33)31-17-15-30-22(3)19-31/h4-14,16,22,30H,15,17-19H2,1-3H3. The summed E-state index contributed by atoms with van der Waals surface area (Å²) < 4.78 is 2.11. The summed E-state index contributed by atoms with van der Waals surface area (Å²) in [5.41, 5.74) is 9.12. The van der Waals surface area contributed by atoms with Gasteiger partial charge in [-0.2, -0.15) is 0 Å². The van der Waals surface area contributed by atoms with Gasteiger partial charge in [-0.25, -0.2) is 0 Å². The number of carbonyl (C=O) groups is 1. The Morgan fingerprint density at radius 1 is 0.939 bits per heavy atom. The number of hydrogen-bond donors (Lipinski definition) is 1. The minimum atomic E-state index is 0.118. The molecule has 5 rings (SSSR count). The fraction of sp³-hybridized carbons (Fsp3) is 0.276. The number of nitrogens with zero attached hydrogens (tertiary/aromatic N) is 2. The number of fused-ring (bicyclic) bond motifs is 1. The highest BCUT2D eigenvalue weighted by Crippen LogP contribution is 2.36. The zero-order valence-corrected chi connectivity index (χ0v) is 19.6. The number of piperazine rings is 1. The van der Waals surface area contributed by atoms with Crippen molar-refractivity contribution >= 4 is 11.4 Å². The van der Waals surface area contributed by atoms with Crippen molar-refractivity contribution < 1.29 is 4.79 Å². The van der Waals surface area contributed by atoms with Gasteiger partial charge in [0.1, 0.15) is 5.69 Å². The van der Waals surface area contributed by atoms with Crippen LogP contribution in [-0.4, -0.2) is 40.9 Å². The lowest BCUT2D eigenvalue weighted by Crippen LogP contribution is -2.51. The highest BCUT2D eigenvalue weighted by atomic mass is 16.2. The number of amides is 1. The molecule has 33 heavy (non-hydrogen) atoms. The molecule has 4 aromatic rings. The molecule has 0 spiro atoms. The Morgan fingerprint density at radius 3 is 2.39 bits per heavy atom. The van der Waals surface area contributed by atoms with Crippen molar-refractivity contribution in [2.24, 2.45) is 0 Å². The Morgan fingerprint density at radius 2 is 1.67 bits per heavy atom. The fourth-order valence-corrected chi connectivity index (χ4v) is 5.16. The van der Waals surface area contributed by atoms with E-state index in [0.29, 0.717) is 6.04 Å². The van der Waals surface area contributed by atoms with Crippen molar-refractivity contribution in [1.82, 2.24) is 14.6 Å². The van der Waals surface area contributed by atoms with Crippen molar-refractivity contribution in [3.63, 3.8) is 0 Å². The maximum Gasteiger partial charge on any atom is 0.271 e. The molecule has 3 heterocycles. The number of benzene rings is 2. The van der Waals surface area contributed by atoms with Crippen LogP contribution < -0.4 is 5.32 Å². The van der Waals surface area contributed by atoms with Gasteiger partial charge in [0.15, 0.2) is 0 Å². The number of hydrogen-bond acceptors (Lipinski definition) is 2. The number of carbonyl (C=O) groups excluding carboxylic acids is 1. The second-order valence-corrected chi connectivity index (χ2v) is 9.18. The van der Waals surface area contributed by atoms with E-state index in [2.05, 4.69) is 85.1 Å². The molecular formula is C29H31N3O. The van der Waals surface area contributed by atoms with Crippen LogP contribution in [0.5, 0.6) is 0 Å². The monoisotopic (exact) mass is 437 g/mol. The summed E-state index contributed by atoms with van der Waals surface area (Å²) in [5.74, 6) is 0.118. The zero-order valence-electron chi connectivity index (χ0n) is 19.6. The summed E-state index contributed by atoms with van der Waals surface area (Å²) >= 11 is 0. The third kappa shape index (κ3) is 3.96. The molecule has 1 saturated heterocycles. The highest BCUT2D eigenvalue weighted by Gasteiger charge is 2.29. The van der Waals surface area contributed by atoms with Crippen molar-refractivity contribution in [3.05, 3.63) is 101 Å². The van der Waals surface area contributed by atoms with E-state index in [4.69, 9.17) is 0 Å². The minimum Gasteiger partial charge on any atom is -0.335 e. The molecule has 1 aliphatic heterocycles. The maximum atomic E-state index is 14.1. The van der Waals surface area contributed by atoms with Gasteiger partial charge in [0.2, 0.25) is 0 Å². The first kappa shape index (κ1) is 21.5. The summed E-state index contributed by atoms with van der Waals surface area (Å²) in [5, 5.41) is 3.46. The highest BCUT2D eigenvalue weighted by molar-refractivity contribution is 6.01.